The van der Waals surface area contributed by atoms with Crippen LogP contribution in [-0.2, 0) is 0 Å². The monoisotopic (exact) mass is 189 g/mol. The molecule has 0 bridgehead atoms. The predicted molar refractivity (Wildman–Crippen MR) is 51.0 cm³/mol. The fourth-order valence-corrected chi connectivity index (χ4v) is 1.07. The maximum Gasteiger partial charge on any atom is 0.173 e. The normalized spacial score (nSPS) is 10.8. The molecule has 0 saturated carbocycles. The van der Waals surface area contributed by atoms with Gasteiger partial charge in [0.2, 0.25) is 0 Å². The molecule has 0 aromatic carbocycles. The average molecular weight is 189 g/mol. The Balaban J connectivity index is 2.31. The summed E-state index contributed by atoms with van der Waals surface area (Å²) in [4.78, 5) is 12.4. The zero-order chi connectivity index (χ0) is 9.97. The maximum atomic E-state index is 4.28. The van der Waals surface area contributed by atoms with Gasteiger partial charge in [0.25, 0.3) is 0 Å². The van der Waals surface area contributed by atoms with Crippen LogP contribution in [0.1, 0.15) is 25.5 Å². The Hall–Kier alpha value is -1.78. The van der Waals surface area contributed by atoms with E-state index in [1.54, 1.807) is 23.4 Å². The molecular formula is C9H11N5. The summed E-state index contributed by atoms with van der Waals surface area (Å²) >= 11 is 0. The van der Waals surface area contributed by atoms with Crippen molar-refractivity contribution >= 4 is 0 Å². The first kappa shape index (κ1) is 8.80. The van der Waals surface area contributed by atoms with Gasteiger partial charge in [-0.15, -0.1) is 0 Å². The molecule has 0 amide bonds. The van der Waals surface area contributed by atoms with Crippen molar-refractivity contribution in [2.24, 2.45) is 0 Å². The Bertz CT molecular complexity index is 390. The quantitative estimate of drug-likeness (QED) is 0.711. The van der Waals surface area contributed by atoms with Gasteiger partial charge in [0.05, 0.1) is 18.1 Å². The zero-order valence-corrected chi connectivity index (χ0v) is 8.12. The van der Waals surface area contributed by atoms with Crippen LogP contribution in [0.15, 0.2) is 25.0 Å². The van der Waals surface area contributed by atoms with E-state index in [2.05, 4.69) is 33.9 Å². The van der Waals surface area contributed by atoms with Gasteiger partial charge >= 0.3 is 0 Å². The van der Waals surface area contributed by atoms with Gasteiger partial charge in [0.1, 0.15) is 12.7 Å². The summed E-state index contributed by atoms with van der Waals surface area (Å²) in [6.07, 6.45) is 6.53. The molecule has 5 heteroatoms. The van der Waals surface area contributed by atoms with E-state index in [0.717, 1.165) is 5.69 Å². The molecular weight excluding hydrogens is 178 g/mol. The molecule has 0 fully saturated rings. The van der Waals surface area contributed by atoms with E-state index in [1.165, 1.54) is 6.33 Å². The summed E-state index contributed by atoms with van der Waals surface area (Å²) in [6.45, 7) is 4.16. The first-order chi connectivity index (χ1) is 6.77. The standard InChI is InChI=1S/C9H11N5/c1-7(2)8-3-12-9(4-11-8)14-6-10-5-13-14/h3-7H,1-2H3. The van der Waals surface area contributed by atoms with Crippen molar-refractivity contribution in [2.75, 3.05) is 0 Å². The molecule has 2 rings (SSSR count). The summed E-state index contributed by atoms with van der Waals surface area (Å²) in [5, 5.41) is 3.96. The molecule has 0 saturated heterocycles. The minimum atomic E-state index is 0.396. The lowest BCUT2D eigenvalue weighted by molar-refractivity contribution is 0.783. The van der Waals surface area contributed by atoms with Crippen molar-refractivity contribution in [2.45, 2.75) is 19.8 Å². The van der Waals surface area contributed by atoms with Crippen molar-refractivity contribution in [3.05, 3.63) is 30.7 Å². The highest BCUT2D eigenvalue weighted by molar-refractivity contribution is 5.17. The van der Waals surface area contributed by atoms with E-state index in [1.807, 2.05) is 0 Å². The minimum absolute atomic E-state index is 0.396. The lowest BCUT2D eigenvalue weighted by atomic mass is 10.1. The molecule has 2 aromatic rings. The van der Waals surface area contributed by atoms with Gasteiger partial charge in [-0.25, -0.2) is 14.6 Å². The summed E-state index contributed by atoms with van der Waals surface area (Å²) < 4.78 is 1.58. The summed E-state index contributed by atoms with van der Waals surface area (Å²) in [5.74, 6) is 1.08. The van der Waals surface area contributed by atoms with E-state index in [0.29, 0.717) is 11.7 Å². The second-order valence-electron chi connectivity index (χ2n) is 3.29. The van der Waals surface area contributed by atoms with Gasteiger partial charge in [0, 0.05) is 0 Å². The molecule has 0 unspecified atom stereocenters. The van der Waals surface area contributed by atoms with Gasteiger partial charge in [-0.1, -0.05) is 13.8 Å². The second-order valence-corrected chi connectivity index (χ2v) is 3.29. The smallest absolute Gasteiger partial charge is 0.173 e. The molecule has 0 spiro atoms. The molecule has 2 aromatic heterocycles. The van der Waals surface area contributed by atoms with Crippen LogP contribution < -0.4 is 0 Å². The van der Waals surface area contributed by atoms with Crippen molar-refractivity contribution in [1.82, 2.24) is 24.7 Å². The Kier molecular flexibility index (Phi) is 2.22. The highest BCUT2D eigenvalue weighted by atomic mass is 15.3. The van der Waals surface area contributed by atoms with E-state index >= 15 is 0 Å². The SMILES string of the molecule is CC(C)c1cnc(-n2cncn2)cn1. The molecule has 5 nitrogen and oxygen atoms in total. The number of hydrogen-bond acceptors (Lipinski definition) is 4. The third-order valence-electron chi connectivity index (χ3n) is 1.90. The second kappa shape index (κ2) is 3.53. The Morgan fingerprint density at radius 1 is 1.21 bits per heavy atom. The molecule has 0 N–H and O–H groups in total. The fourth-order valence-electron chi connectivity index (χ4n) is 1.07. The van der Waals surface area contributed by atoms with Crippen LogP contribution in [0.25, 0.3) is 5.82 Å². The molecule has 14 heavy (non-hydrogen) atoms. The van der Waals surface area contributed by atoms with Gasteiger partial charge in [-0.3, -0.25) is 4.98 Å². The lowest BCUT2D eigenvalue weighted by Gasteiger charge is -2.03. The lowest BCUT2D eigenvalue weighted by Crippen LogP contribution is -2.01. The number of aromatic nitrogens is 5. The van der Waals surface area contributed by atoms with Crippen LogP contribution in [0.3, 0.4) is 0 Å². The van der Waals surface area contributed by atoms with Crippen LogP contribution in [0.5, 0.6) is 0 Å². The third-order valence-corrected chi connectivity index (χ3v) is 1.90. The van der Waals surface area contributed by atoms with E-state index in [4.69, 9.17) is 0 Å². The van der Waals surface area contributed by atoms with Crippen molar-refractivity contribution < 1.29 is 0 Å². The number of rotatable bonds is 2. The third kappa shape index (κ3) is 1.61. The highest BCUT2D eigenvalue weighted by Gasteiger charge is 2.02. The Labute approximate surface area is 81.8 Å². The van der Waals surface area contributed by atoms with E-state index < -0.39 is 0 Å². The zero-order valence-electron chi connectivity index (χ0n) is 8.12. The first-order valence-electron chi connectivity index (χ1n) is 4.44. The highest BCUT2D eigenvalue weighted by Crippen LogP contribution is 2.09. The summed E-state index contributed by atoms with van der Waals surface area (Å²) in [5.41, 5.74) is 0.980. The molecule has 0 radical (unpaired) electrons. The van der Waals surface area contributed by atoms with Crippen LogP contribution >= 0.6 is 0 Å². The number of nitrogens with zero attached hydrogens (tertiary/aromatic N) is 5. The van der Waals surface area contributed by atoms with Gasteiger partial charge in [0.15, 0.2) is 5.82 Å². The van der Waals surface area contributed by atoms with Crippen LogP contribution in [-0.4, -0.2) is 24.7 Å². The van der Waals surface area contributed by atoms with Crippen molar-refractivity contribution in [1.29, 1.82) is 0 Å². The molecule has 0 aliphatic heterocycles. The summed E-state index contributed by atoms with van der Waals surface area (Å²) in [6, 6.07) is 0. The molecule has 0 atom stereocenters. The topological polar surface area (TPSA) is 56.5 Å². The molecule has 0 aliphatic rings. The first-order valence-corrected chi connectivity index (χ1v) is 4.44. The molecule has 72 valence electrons. The van der Waals surface area contributed by atoms with Crippen LogP contribution in [0, 0.1) is 0 Å². The number of hydrogen-bond donors (Lipinski definition) is 0. The van der Waals surface area contributed by atoms with Crippen LogP contribution in [0.2, 0.25) is 0 Å². The Morgan fingerprint density at radius 3 is 2.57 bits per heavy atom. The maximum absolute atomic E-state index is 4.28. The van der Waals surface area contributed by atoms with Gasteiger partial charge in [-0.05, 0) is 5.92 Å². The molecule has 0 aliphatic carbocycles. The average Bonchev–Trinajstić information content (AvgIpc) is 2.71. The Morgan fingerprint density at radius 2 is 2.07 bits per heavy atom. The fraction of sp³-hybridized carbons (Fsp3) is 0.333. The van der Waals surface area contributed by atoms with Crippen molar-refractivity contribution in [3.8, 4) is 5.82 Å². The van der Waals surface area contributed by atoms with Gasteiger partial charge in [-0.2, -0.15) is 5.10 Å². The molecule has 2 heterocycles. The van der Waals surface area contributed by atoms with E-state index in [-0.39, 0.29) is 0 Å². The van der Waals surface area contributed by atoms with Crippen molar-refractivity contribution in [3.63, 3.8) is 0 Å². The largest absolute Gasteiger partial charge is 0.255 e. The van der Waals surface area contributed by atoms with Crippen LogP contribution in [0.4, 0.5) is 0 Å². The predicted octanol–water partition coefficient (Wildman–Crippen LogP) is 1.18. The summed E-state index contributed by atoms with van der Waals surface area (Å²) in [7, 11) is 0. The van der Waals surface area contributed by atoms with Gasteiger partial charge < -0.3 is 0 Å². The van der Waals surface area contributed by atoms with E-state index in [9.17, 15) is 0 Å². The minimum Gasteiger partial charge on any atom is -0.255 e.